The molecule has 0 unspecified atom stereocenters. The minimum absolute atomic E-state index is 0.0227. The van der Waals surface area contributed by atoms with Gasteiger partial charge in [-0.25, -0.2) is 0 Å². The number of ether oxygens (including phenoxy) is 1. The molecule has 0 atom stereocenters. The summed E-state index contributed by atoms with van der Waals surface area (Å²) in [5.74, 6) is 0.606. The maximum atomic E-state index is 12.5. The highest BCUT2D eigenvalue weighted by molar-refractivity contribution is 6.03. The molecule has 1 N–H and O–H groups in total. The average molecular weight is 378 g/mol. The first-order valence-electron chi connectivity index (χ1n) is 9.77. The first kappa shape index (κ1) is 19.7. The van der Waals surface area contributed by atoms with E-state index in [0.29, 0.717) is 17.9 Å². The second kappa shape index (κ2) is 9.74. The number of hydrogen-bond donors (Lipinski definition) is 1. The number of rotatable bonds is 7. The molecule has 2 amide bonds. The first-order chi connectivity index (χ1) is 13.7. The Hall–Kier alpha value is -3.08. The van der Waals surface area contributed by atoms with Gasteiger partial charge in [-0.1, -0.05) is 25.1 Å². The molecular formula is C23H26N2O3. The standard InChI is InChI=1S/C23H26N2O3/c1-2-16-28-21-11-8-18(9-12-21)10-13-22(26)24-20-7-5-6-19(17-20)23(27)25-14-3-4-15-25/h5-13,17H,2-4,14-16H2,1H3,(H,24,26)/b13-10+. The lowest BCUT2D eigenvalue weighted by atomic mass is 10.1. The topological polar surface area (TPSA) is 58.6 Å². The zero-order valence-electron chi connectivity index (χ0n) is 16.2. The maximum absolute atomic E-state index is 12.5. The lowest BCUT2D eigenvalue weighted by Crippen LogP contribution is -2.27. The van der Waals surface area contributed by atoms with Gasteiger partial charge in [0, 0.05) is 30.4 Å². The summed E-state index contributed by atoms with van der Waals surface area (Å²) in [6.45, 7) is 4.37. The number of anilines is 1. The number of carbonyl (C=O) groups is 2. The third-order valence-corrected chi connectivity index (χ3v) is 4.55. The number of amides is 2. The molecule has 5 heteroatoms. The summed E-state index contributed by atoms with van der Waals surface area (Å²) in [6.07, 6.45) is 6.30. The largest absolute Gasteiger partial charge is 0.494 e. The molecule has 0 aliphatic carbocycles. The van der Waals surface area contributed by atoms with Gasteiger partial charge in [-0.3, -0.25) is 9.59 Å². The Balaban J connectivity index is 1.57. The molecular weight excluding hydrogens is 352 g/mol. The normalized spacial score (nSPS) is 13.7. The Morgan fingerprint density at radius 3 is 2.57 bits per heavy atom. The lowest BCUT2D eigenvalue weighted by Gasteiger charge is -2.15. The highest BCUT2D eigenvalue weighted by Crippen LogP contribution is 2.17. The van der Waals surface area contributed by atoms with Crippen LogP contribution < -0.4 is 10.1 Å². The van der Waals surface area contributed by atoms with Crippen molar-refractivity contribution in [3.8, 4) is 5.75 Å². The molecule has 1 saturated heterocycles. The SMILES string of the molecule is CCCOc1ccc(/C=C/C(=O)Nc2cccc(C(=O)N3CCCC3)c2)cc1. The van der Waals surface area contributed by atoms with Gasteiger partial charge in [-0.2, -0.15) is 0 Å². The molecule has 5 nitrogen and oxygen atoms in total. The van der Waals surface area contributed by atoms with E-state index in [1.54, 1.807) is 30.3 Å². The van der Waals surface area contributed by atoms with Crippen LogP contribution in [0, 0.1) is 0 Å². The number of benzene rings is 2. The Morgan fingerprint density at radius 1 is 1.11 bits per heavy atom. The molecule has 0 radical (unpaired) electrons. The third-order valence-electron chi connectivity index (χ3n) is 4.55. The van der Waals surface area contributed by atoms with E-state index >= 15 is 0 Å². The molecule has 0 spiro atoms. The van der Waals surface area contributed by atoms with Crippen LogP contribution in [0.2, 0.25) is 0 Å². The second-order valence-electron chi connectivity index (χ2n) is 6.82. The Morgan fingerprint density at radius 2 is 1.86 bits per heavy atom. The van der Waals surface area contributed by atoms with Gasteiger partial charge in [0.25, 0.3) is 5.91 Å². The summed E-state index contributed by atoms with van der Waals surface area (Å²) < 4.78 is 5.55. The minimum Gasteiger partial charge on any atom is -0.494 e. The van der Waals surface area contributed by atoms with Crippen LogP contribution in [0.4, 0.5) is 5.69 Å². The Kier molecular flexibility index (Phi) is 6.84. The van der Waals surface area contributed by atoms with Crippen molar-refractivity contribution in [3.63, 3.8) is 0 Å². The van der Waals surface area contributed by atoms with Crippen LogP contribution in [0.5, 0.6) is 5.75 Å². The maximum Gasteiger partial charge on any atom is 0.253 e. The second-order valence-corrected chi connectivity index (χ2v) is 6.82. The van der Waals surface area contributed by atoms with Crippen LogP contribution in [0.25, 0.3) is 6.08 Å². The number of carbonyl (C=O) groups excluding carboxylic acids is 2. The van der Waals surface area contributed by atoms with Crippen molar-refractivity contribution in [1.82, 2.24) is 4.90 Å². The molecule has 0 saturated carbocycles. The van der Waals surface area contributed by atoms with Gasteiger partial charge in [-0.05, 0) is 61.2 Å². The number of likely N-dealkylation sites (tertiary alicyclic amines) is 1. The molecule has 0 aromatic heterocycles. The van der Waals surface area contributed by atoms with E-state index in [1.807, 2.05) is 29.2 Å². The smallest absolute Gasteiger partial charge is 0.253 e. The lowest BCUT2D eigenvalue weighted by molar-refractivity contribution is -0.111. The van der Waals surface area contributed by atoms with E-state index in [4.69, 9.17) is 4.74 Å². The zero-order valence-corrected chi connectivity index (χ0v) is 16.2. The van der Waals surface area contributed by atoms with Crippen molar-refractivity contribution in [3.05, 3.63) is 65.7 Å². The fourth-order valence-electron chi connectivity index (χ4n) is 3.08. The van der Waals surface area contributed by atoms with Gasteiger partial charge in [0.2, 0.25) is 5.91 Å². The van der Waals surface area contributed by atoms with Gasteiger partial charge in [0.05, 0.1) is 6.61 Å². The molecule has 2 aromatic rings. The summed E-state index contributed by atoms with van der Waals surface area (Å²) in [4.78, 5) is 26.5. The number of hydrogen-bond acceptors (Lipinski definition) is 3. The molecule has 28 heavy (non-hydrogen) atoms. The van der Waals surface area contributed by atoms with Gasteiger partial charge in [0.15, 0.2) is 0 Å². The summed E-state index contributed by atoms with van der Waals surface area (Å²) in [6, 6.07) is 14.7. The van der Waals surface area contributed by atoms with Crippen LogP contribution in [0.1, 0.15) is 42.1 Å². The van der Waals surface area contributed by atoms with Crippen molar-refractivity contribution in [2.75, 3.05) is 25.0 Å². The highest BCUT2D eigenvalue weighted by Gasteiger charge is 2.19. The van der Waals surface area contributed by atoms with Crippen LogP contribution in [0.15, 0.2) is 54.6 Å². The summed E-state index contributed by atoms with van der Waals surface area (Å²) in [5, 5.41) is 2.82. The van der Waals surface area contributed by atoms with Gasteiger partial charge >= 0.3 is 0 Å². The van der Waals surface area contributed by atoms with Crippen LogP contribution in [-0.4, -0.2) is 36.4 Å². The van der Waals surface area contributed by atoms with Crippen molar-refractivity contribution >= 4 is 23.6 Å². The number of nitrogens with zero attached hydrogens (tertiary/aromatic N) is 1. The van der Waals surface area contributed by atoms with Crippen molar-refractivity contribution < 1.29 is 14.3 Å². The van der Waals surface area contributed by atoms with Crippen molar-refractivity contribution in [1.29, 1.82) is 0 Å². The molecule has 0 bridgehead atoms. The Labute approximate surface area is 166 Å². The van der Waals surface area contributed by atoms with Gasteiger partial charge in [0.1, 0.15) is 5.75 Å². The average Bonchev–Trinajstić information content (AvgIpc) is 3.26. The van der Waals surface area contributed by atoms with E-state index in [9.17, 15) is 9.59 Å². The predicted octanol–water partition coefficient (Wildman–Crippen LogP) is 4.36. The highest BCUT2D eigenvalue weighted by atomic mass is 16.5. The third kappa shape index (κ3) is 5.46. The molecule has 1 fully saturated rings. The molecule has 1 heterocycles. The zero-order chi connectivity index (χ0) is 19.8. The molecule has 146 valence electrons. The van der Waals surface area contributed by atoms with Crippen LogP contribution >= 0.6 is 0 Å². The van der Waals surface area contributed by atoms with Crippen LogP contribution in [-0.2, 0) is 4.79 Å². The van der Waals surface area contributed by atoms with E-state index in [1.165, 1.54) is 6.08 Å². The van der Waals surface area contributed by atoms with Gasteiger partial charge < -0.3 is 15.0 Å². The van der Waals surface area contributed by atoms with E-state index in [0.717, 1.165) is 43.7 Å². The summed E-state index contributed by atoms with van der Waals surface area (Å²) in [7, 11) is 0. The predicted molar refractivity (Wildman–Crippen MR) is 111 cm³/mol. The van der Waals surface area contributed by atoms with E-state index < -0.39 is 0 Å². The summed E-state index contributed by atoms with van der Waals surface area (Å²) >= 11 is 0. The van der Waals surface area contributed by atoms with E-state index in [-0.39, 0.29) is 11.8 Å². The number of nitrogens with one attached hydrogen (secondary N) is 1. The van der Waals surface area contributed by atoms with Gasteiger partial charge in [-0.15, -0.1) is 0 Å². The van der Waals surface area contributed by atoms with Crippen molar-refractivity contribution in [2.45, 2.75) is 26.2 Å². The Bertz CT molecular complexity index is 837. The molecule has 2 aromatic carbocycles. The molecule has 1 aliphatic heterocycles. The van der Waals surface area contributed by atoms with Crippen LogP contribution in [0.3, 0.4) is 0 Å². The van der Waals surface area contributed by atoms with Crippen molar-refractivity contribution in [2.24, 2.45) is 0 Å². The quantitative estimate of drug-likeness (QED) is 0.728. The molecule has 1 aliphatic rings. The monoisotopic (exact) mass is 378 g/mol. The summed E-state index contributed by atoms with van der Waals surface area (Å²) in [5.41, 5.74) is 2.13. The fraction of sp³-hybridized carbons (Fsp3) is 0.304. The van der Waals surface area contributed by atoms with E-state index in [2.05, 4.69) is 12.2 Å². The first-order valence-corrected chi connectivity index (χ1v) is 9.77. The minimum atomic E-state index is -0.239. The molecule has 3 rings (SSSR count). The fourth-order valence-corrected chi connectivity index (χ4v) is 3.08.